The van der Waals surface area contributed by atoms with Crippen LogP contribution in [0.25, 0.3) is 0 Å². The minimum absolute atomic E-state index is 0.209. The second-order valence-corrected chi connectivity index (χ2v) is 6.96. The summed E-state index contributed by atoms with van der Waals surface area (Å²) in [6, 6.07) is 4.61. The molecule has 162 valence electrons. The molecule has 2 saturated heterocycles. The van der Waals surface area contributed by atoms with Crippen LogP contribution in [0, 0.1) is 5.82 Å². The van der Waals surface area contributed by atoms with Crippen LogP contribution in [-0.2, 0) is 14.3 Å². The minimum Gasteiger partial charge on any atom is -0.452 e. The van der Waals surface area contributed by atoms with Gasteiger partial charge in [0.1, 0.15) is 11.9 Å². The summed E-state index contributed by atoms with van der Waals surface area (Å²) in [5, 5.41) is 6.60. The van der Waals surface area contributed by atoms with E-state index in [4.69, 9.17) is 4.74 Å². The summed E-state index contributed by atoms with van der Waals surface area (Å²) in [6.07, 6.45) is -0.536. The molecule has 0 aromatic heterocycles. The third kappa shape index (κ3) is 5.16. The molecular formula is C19H24FN5O5. The van der Waals surface area contributed by atoms with Crippen LogP contribution >= 0.6 is 0 Å². The van der Waals surface area contributed by atoms with Gasteiger partial charge < -0.3 is 19.7 Å². The number of hydrogen-bond acceptors (Lipinski definition) is 7. The lowest BCUT2D eigenvalue weighted by molar-refractivity contribution is -0.119. The quantitative estimate of drug-likeness (QED) is 0.699. The van der Waals surface area contributed by atoms with Crippen LogP contribution in [-0.4, -0.2) is 63.2 Å². The zero-order chi connectivity index (χ0) is 21.7. The number of halogens is 1. The van der Waals surface area contributed by atoms with Crippen LogP contribution < -0.4 is 20.5 Å². The van der Waals surface area contributed by atoms with Gasteiger partial charge >= 0.3 is 12.2 Å². The van der Waals surface area contributed by atoms with E-state index in [-0.39, 0.29) is 19.0 Å². The van der Waals surface area contributed by atoms with E-state index in [2.05, 4.69) is 20.6 Å². The van der Waals surface area contributed by atoms with E-state index in [0.29, 0.717) is 37.3 Å². The van der Waals surface area contributed by atoms with Gasteiger partial charge in [0.15, 0.2) is 0 Å². The number of methoxy groups -OCH3 is 1. The first-order chi connectivity index (χ1) is 14.4. The molecule has 0 saturated carbocycles. The number of cyclic esters (lactones) is 1. The number of carbonyl (C=O) groups excluding carboxylic acids is 3. The summed E-state index contributed by atoms with van der Waals surface area (Å²) in [5.74, 6) is -0.658. The number of ether oxygens (including phenoxy) is 2. The molecule has 3 amide bonds. The summed E-state index contributed by atoms with van der Waals surface area (Å²) in [4.78, 5) is 37.4. The summed E-state index contributed by atoms with van der Waals surface area (Å²) in [7, 11) is 1.26. The highest BCUT2D eigenvalue weighted by molar-refractivity contribution is 5.90. The number of anilines is 2. The third-order valence-corrected chi connectivity index (χ3v) is 4.87. The van der Waals surface area contributed by atoms with Crippen LogP contribution in [0.1, 0.15) is 19.8 Å². The maximum absolute atomic E-state index is 14.8. The van der Waals surface area contributed by atoms with E-state index in [0.717, 1.165) is 5.71 Å². The van der Waals surface area contributed by atoms with Crippen LogP contribution in [0.2, 0.25) is 0 Å². The van der Waals surface area contributed by atoms with Crippen molar-refractivity contribution in [2.24, 2.45) is 5.10 Å². The average molecular weight is 421 g/mol. The monoisotopic (exact) mass is 421 g/mol. The minimum atomic E-state index is -0.633. The molecule has 0 bridgehead atoms. The number of nitrogens with zero attached hydrogens (tertiary/aromatic N) is 3. The first kappa shape index (κ1) is 21.3. The van der Waals surface area contributed by atoms with Crippen molar-refractivity contribution in [1.29, 1.82) is 0 Å². The van der Waals surface area contributed by atoms with Gasteiger partial charge in [-0.3, -0.25) is 9.69 Å². The molecule has 2 heterocycles. The molecule has 2 N–H and O–H groups in total. The van der Waals surface area contributed by atoms with E-state index < -0.39 is 24.1 Å². The fourth-order valence-electron chi connectivity index (χ4n) is 3.30. The van der Waals surface area contributed by atoms with Gasteiger partial charge in [0.05, 0.1) is 31.6 Å². The standard InChI is InChI=1S/C19H24FN5O5/c1-12(26)21-10-15-11-25(19(28)30-15)14-3-4-17(16(20)9-14)24-7-5-13(6-8-24)22-23-18(27)29-2/h3-4,9,15H,5-8,10-11H2,1-2H3,(H,21,26)(H,23,27)/t15-/m0/s1. The molecule has 0 spiro atoms. The largest absolute Gasteiger partial charge is 0.452 e. The smallest absolute Gasteiger partial charge is 0.427 e. The molecule has 1 aromatic rings. The van der Waals surface area contributed by atoms with Crippen molar-refractivity contribution in [3.05, 3.63) is 24.0 Å². The van der Waals surface area contributed by atoms with Gasteiger partial charge in [-0.1, -0.05) is 0 Å². The lowest BCUT2D eigenvalue weighted by Gasteiger charge is -2.30. The van der Waals surface area contributed by atoms with Crippen LogP contribution in [0.5, 0.6) is 0 Å². The van der Waals surface area contributed by atoms with Crippen molar-refractivity contribution in [2.45, 2.75) is 25.9 Å². The van der Waals surface area contributed by atoms with Crippen molar-refractivity contribution in [3.8, 4) is 0 Å². The highest BCUT2D eigenvalue weighted by Gasteiger charge is 2.33. The van der Waals surface area contributed by atoms with E-state index >= 15 is 0 Å². The molecule has 10 nitrogen and oxygen atoms in total. The lowest BCUT2D eigenvalue weighted by atomic mass is 10.1. The second kappa shape index (κ2) is 9.42. The van der Waals surface area contributed by atoms with Crippen molar-refractivity contribution in [2.75, 3.05) is 43.1 Å². The molecule has 11 heteroatoms. The summed E-state index contributed by atoms with van der Waals surface area (Å²) in [5.41, 5.74) is 3.92. The molecule has 2 aliphatic heterocycles. The molecular weight excluding hydrogens is 397 g/mol. The van der Waals surface area contributed by atoms with Crippen molar-refractivity contribution >= 4 is 35.2 Å². The molecule has 0 radical (unpaired) electrons. The molecule has 3 rings (SSSR count). The normalized spacial score (nSPS) is 18.7. The zero-order valence-corrected chi connectivity index (χ0v) is 16.8. The zero-order valence-electron chi connectivity index (χ0n) is 16.8. The number of benzene rings is 1. The molecule has 30 heavy (non-hydrogen) atoms. The van der Waals surface area contributed by atoms with Crippen molar-refractivity contribution in [3.63, 3.8) is 0 Å². The number of rotatable bonds is 5. The van der Waals surface area contributed by atoms with Gasteiger partial charge in [-0.2, -0.15) is 5.10 Å². The van der Waals surface area contributed by atoms with Gasteiger partial charge in [-0.15, -0.1) is 0 Å². The fraction of sp³-hybridized carbons (Fsp3) is 0.474. The topological polar surface area (TPSA) is 113 Å². The predicted octanol–water partition coefficient (Wildman–Crippen LogP) is 1.60. The highest BCUT2D eigenvalue weighted by atomic mass is 19.1. The van der Waals surface area contributed by atoms with Gasteiger partial charge in [0.25, 0.3) is 0 Å². The molecule has 1 aromatic carbocycles. The molecule has 2 fully saturated rings. The number of hydrogen-bond donors (Lipinski definition) is 2. The van der Waals surface area contributed by atoms with Crippen molar-refractivity contribution in [1.82, 2.24) is 10.7 Å². The molecule has 2 aliphatic rings. The van der Waals surface area contributed by atoms with Gasteiger partial charge in [-0.05, 0) is 18.2 Å². The SMILES string of the molecule is COC(=O)NN=C1CCN(c2ccc(N3C[C@H](CNC(C)=O)OC3=O)cc2F)CC1. The Hall–Kier alpha value is -3.37. The van der Waals surface area contributed by atoms with Gasteiger partial charge in [0.2, 0.25) is 5.91 Å². The van der Waals surface area contributed by atoms with E-state index in [9.17, 15) is 18.8 Å². The molecule has 1 atom stereocenters. The molecule has 0 unspecified atom stereocenters. The summed E-state index contributed by atoms with van der Waals surface area (Å²) >= 11 is 0. The number of amides is 3. The number of hydrazone groups is 1. The Balaban J connectivity index is 1.60. The Labute approximate surface area is 173 Å². The first-order valence-corrected chi connectivity index (χ1v) is 9.54. The lowest BCUT2D eigenvalue weighted by Crippen LogP contribution is -2.35. The Morgan fingerprint density at radius 3 is 2.70 bits per heavy atom. The van der Waals surface area contributed by atoms with Crippen LogP contribution in [0.3, 0.4) is 0 Å². The van der Waals surface area contributed by atoms with E-state index in [1.54, 1.807) is 12.1 Å². The highest BCUT2D eigenvalue weighted by Crippen LogP contribution is 2.29. The molecule has 0 aliphatic carbocycles. The number of carbonyl (C=O) groups is 3. The Morgan fingerprint density at radius 1 is 1.33 bits per heavy atom. The van der Waals surface area contributed by atoms with E-state index in [1.807, 2.05) is 4.90 Å². The van der Waals surface area contributed by atoms with Gasteiger partial charge in [0, 0.05) is 38.6 Å². The summed E-state index contributed by atoms with van der Waals surface area (Å²) in [6.45, 7) is 2.91. The maximum atomic E-state index is 14.8. The van der Waals surface area contributed by atoms with Crippen LogP contribution in [0.4, 0.5) is 25.4 Å². The van der Waals surface area contributed by atoms with E-state index in [1.165, 1.54) is 25.0 Å². The van der Waals surface area contributed by atoms with Crippen molar-refractivity contribution < 1.29 is 28.2 Å². The predicted molar refractivity (Wildman–Crippen MR) is 107 cm³/mol. The Bertz CT molecular complexity index is 852. The maximum Gasteiger partial charge on any atom is 0.427 e. The summed E-state index contributed by atoms with van der Waals surface area (Å²) < 4.78 is 24.5. The Kier molecular flexibility index (Phi) is 6.70. The fourth-order valence-corrected chi connectivity index (χ4v) is 3.30. The second-order valence-electron chi connectivity index (χ2n) is 6.96. The number of nitrogens with one attached hydrogen (secondary N) is 2. The first-order valence-electron chi connectivity index (χ1n) is 9.54. The van der Waals surface area contributed by atoms with Crippen LogP contribution in [0.15, 0.2) is 23.3 Å². The Morgan fingerprint density at radius 2 is 2.07 bits per heavy atom. The third-order valence-electron chi connectivity index (χ3n) is 4.87. The number of piperidine rings is 1. The van der Waals surface area contributed by atoms with Gasteiger partial charge in [-0.25, -0.2) is 19.4 Å². The average Bonchev–Trinajstić information content (AvgIpc) is 3.11.